The second kappa shape index (κ2) is 9.81. The number of carbonyl (C=O) groups excluding carboxylic acids is 2. The van der Waals surface area contributed by atoms with E-state index in [0.717, 1.165) is 46.5 Å². The van der Waals surface area contributed by atoms with Crippen molar-refractivity contribution in [3.8, 4) is 11.1 Å². The van der Waals surface area contributed by atoms with Crippen LogP contribution in [-0.4, -0.2) is 34.0 Å². The van der Waals surface area contributed by atoms with Crippen molar-refractivity contribution in [2.45, 2.75) is 78.3 Å². The molecule has 0 bridgehead atoms. The topological polar surface area (TPSA) is 75.4 Å². The molecule has 0 saturated heterocycles. The van der Waals surface area contributed by atoms with Gasteiger partial charge < -0.3 is 14.7 Å². The Morgan fingerprint density at radius 2 is 1.84 bits per heavy atom. The van der Waals surface area contributed by atoms with Gasteiger partial charge in [0.05, 0.1) is 5.69 Å². The molecule has 1 aromatic heterocycles. The molecule has 1 fully saturated rings. The van der Waals surface area contributed by atoms with Gasteiger partial charge in [-0.3, -0.25) is 4.79 Å². The van der Waals surface area contributed by atoms with Crippen molar-refractivity contribution in [3.63, 3.8) is 0 Å². The summed E-state index contributed by atoms with van der Waals surface area (Å²) in [7, 11) is 0. The summed E-state index contributed by atoms with van der Waals surface area (Å²) in [5, 5.41) is 7.27. The summed E-state index contributed by atoms with van der Waals surface area (Å²) in [4.78, 5) is 28.0. The fourth-order valence-electron chi connectivity index (χ4n) is 5.71. The minimum atomic E-state index is -0.301. The number of nitrogens with zero attached hydrogens (tertiary/aromatic N) is 2. The molecule has 0 radical (unpaired) electrons. The van der Waals surface area contributed by atoms with E-state index in [0.29, 0.717) is 37.6 Å². The third-order valence-electron chi connectivity index (χ3n) is 7.65. The molecule has 1 saturated carbocycles. The molecule has 5 rings (SSSR count). The summed E-state index contributed by atoms with van der Waals surface area (Å²) < 4.78 is 5.47. The van der Waals surface area contributed by atoms with E-state index in [1.54, 1.807) is 0 Å². The van der Waals surface area contributed by atoms with Crippen molar-refractivity contribution in [1.82, 2.24) is 15.4 Å². The Morgan fingerprint density at radius 3 is 2.51 bits per heavy atom. The molecule has 194 valence electrons. The molecule has 2 aliphatic rings. The minimum Gasteiger partial charge on any atom is -0.361 e. The van der Waals surface area contributed by atoms with Crippen molar-refractivity contribution in [3.05, 3.63) is 76.2 Å². The van der Waals surface area contributed by atoms with Gasteiger partial charge >= 0.3 is 6.03 Å². The molecule has 1 aliphatic heterocycles. The lowest BCUT2D eigenvalue weighted by molar-refractivity contribution is -0.120. The van der Waals surface area contributed by atoms with E-state index in [-0.39, 0.29) is 17.5 Å². The number of benzene rings is 2. The number of nitrogens with one attached hydrogen (secondary N) is 1. The molecule has 3 aromatic rings. The standard InChI is InChI=1S/C31H37N3O3/c1-19-29(20(2)37-33-19)24-13-11-22(12-14-28(35)26-17-25(26)21-9-7-6-8-10-21)27-18-34(16-15-23(24)27)30(36)32-31(3,4)5/h6-11,13,25-26H,12,14-18H2,1-5H3,(H,32,36)/t25-,26?/m0/s1. The van der Waals surface area contributed by atoms with Crippen LogP contribution in [0.1, 0.15) is 73.2 Å². The highest BCUT2D eigenvalue weighted by Crippen LogP contribution is 2.48. The van der Waals surface area contributed by atoms with Crippen LogP contribution < -0.4 is 5.32 Å². The molecule has 1 unspecified atom stereocenters. The van der Waals surface area contributed by atoms with Crippen molar-refractivity contribution >= 4 is 11.8 Å². The second-order valence-corrected chi connectivity index (χ2v) is 11.6. The lowest BCUT2D eigenvalue weighted by atomic mass is 9.85. The number of fused-ring (bicyclic) bond motifs is 1. The summed E-state index contributed by atoms with van der Waals surface area (Å²) in [6, 6.07) is 14.6. The first-order valence-electron chi connectivity index (χ1n) is 13.3. The highest BCUT2D eigenvalue weighted by Gasteiger charge is 2.43. The highest BCUT2D eigenvalue weighted by molar-refractivity contribution is 5.85. The van der Waals surface area contributed by atoms with Gasteiger partial charge in [-0.2, -0.15) is 0 Å². The molecule has 1 N–H and O–H groups in total. The molecule has 37 heavy (non-hydrogen) atoms. The van der Waals surface area contributed by atoms with Crippen molar-refractivity contribution in [1.29, 1.82) is 0 Å². The number of carbonyl (C=O) groups is 2. The first-order valence-corrected chi connectivity index (χ1v) is 13.3. The van der Waals surface area contributed by atoms with E-state index in [9.17, 15) is 9.59 Å². The van der Waals surface area contributed by atoms with Crippen LogP contribution in [0.4, 0.5) is 4.79 Å². The Bertz CT molecular complexity index is 1300. The van der Waals surface area contributed by atoms with Crippen molar-refractivity contribution < 1.29 is 14.1 Å². The van der Waals surface area contributed by atoms with E-state index in [2.05, 4.69) is 34.7 Å². The fourth-order valence-corrected chi connectivity index (χ4v) is 5.71. The number of amides is 2. The quantitative estimate of drug-likeness (QED) is 0.443. The maximum absolute atomic E-state index is 13.1. The fraction of sp³-hybridized carbons (Fsp3) is 0.452. The predicted molar refractivity (Wildman–Crippen MR) is 144 cm³/mol. The van der Waals surface area contributed by atoms with Gasteiger partial charge in [-0.1, -0.05) is 47.6 Å². The van der Waals surface area contributed by atoms with Gasteiger partial charge in [0.15, 0.2) is 0 Å². The van der Waals surface area contributed by atoms with Crippen LogP contribution >= 0.6 is 0 Å². The highest BCUT2D eigenvalue weighted by atomic mass is 16.5. The number of aromatic nitrogens is 1. The maximum atomic E-state index is 13.1. The lowest BCUT2D eigenvalue weighted by Crippen LogP contribution is -2.50. The van der Waals surface area contributed by atoms with Crippen LogP contribution in [-0.2, 0) is 24.2 Å². The van der Waals surface area contributed by atoms with Crippen LogP contribution in [0.2, 0.25) is 0 Å². The van der Waals surface area contributed by atoms with Gasteiger partial charge in [0.1, 0.15) is 11.5 Å². The first-order chi connectivity index (χ1) is 17.6. The van der Waals surface area contributed by atoms with E-state index >= 15 is 0 Å². The Hall–Kier alpha value is -3.41. The van der Waals surface area contributed by atoms with Gasteiger partial charge in [0.2, 0.25) is 0 Å². The maximum Gasteiger partial charge on any atom is 0.318 e. The Balaban J connectivity index is 1.39. The van der Waals surface area contributed by atoms with Crippen molar-refractivity contribution in [2.24, 2.45) is 5.92 Å². The molecular formula is C31H37N3O3. The van der Waals surface area contributed by atoms with Gasteiger partial charge in [-0.25, -0.2) is 4.79 Å². The number of urea groups is 1. The molecule has 6 heteroatoms. The summed E-state index contributed by atoms with van der Waals surface area (Å²) >= 11 is 0. The zero-order valence-electron chi connectivity index (χ0n) is 22.6. The van der Waals surface area contributed by atoms with Gasteiger partial charge in [0.25, 0.3) is 0 Å². The zero-order chi connectivity index (χ0) is 26.3. The second-order valence-electron chi connectivity index (χ2n) is 11.6. The lowest BCUT2D eigenvalue weighted by Gasteiger charge is -2.34. The largest absolute Gasteiger partial charge is 0.361 e. The number of ketones is 1. The van der Waals surface area contributed by atoms with Crippen LogP contribution in [0.5, 0.6) is 0 Å². The number of hydrogen-bond donors (Lipinski definition) is 1. The molecule has 1 aliphatic carbocycles. The summed E-state index contributed by atoms with van der Waals surface area (Å²) in [6.07, 6.45) is 2.93. The number of rotatable bonds is 6. The zero-order valence-corrected chi connectivity index (χ0v) is 22.6. The van der Waals surface area contributed by atoms with Crippen LogP contribution in [0.25, 0.3) is 11.1 Å². The molecule has 6 nitrogen and oxygen atoms in total. The van der Waals surface area contributed by atoms with Crippen LogP contribution in [0.3, 0.4) is 0 Å². The predicted octanol–water partition coefficient (Wildman–Crippen LogP) is 6.13. The molecule has 2 atom stereocenters. The first kappa shape index (κ1) is 25.2. The molecular weight excluding hydrogens is 462 g/mol. The minimum absolute atomic E-state index is 0.0494. The van der Waals surface area contributed by atoms with Gasteiger partial charge in [0, 0.05) is 36.5 Å². The molecule has 2 aromatic carbocycles. The number of Topliss-reactive ketones (excluding diaryl/α,β-unsaturated/α-hetero) is 1. The van der Waals surface area contributed by atoms with E-state index in [1.807, 2.05) is 57.7 Å². The smallest absolute Gasteiger partial charge is 0.318 e. The van der Waals surface area contributed by atoms with Crippen LogP contribution in [0.15, 0.2) is 47.0 Å². The van der Waals surface area contributed by atoms with E-state index in [4.69, 9.17) is 4.52 Å². The summed E-state index contributed by atoms with van der Waals surface area (Å²) in [5.74, 6) is 1.64. The SMILES string of the molecule is Cc1noc(C)c1-c1ccc(CCC(=O)C2C[C@H]2c2ccccc2)c2c1CCN(C(=O)NC(C)(C)C)C2. The molecule has 2 heterocycles. The van der Waals surface area contributed by atoms with Crippen LogP contribution in [0, 0.1) is 19.8 Å². The summed E-state index contributed by atoms with van der Waals surface area (Å²) in [6.45, 7) is 11.1. The summed E-state index contributed by atoms with van der Waals surface area (Å²) in [5.41, 5.74) is 7.57. The van der Waals surface area contributed by atoms with Gasteiger partial charge in [-0.05, 0) is 87.6 Å². The normalized spacial score (nSPS) is 18.9. The Labute approximate surface area is 219 Å². The van der Waals surface area contributed by atoms with Gasteiger partial charge in [-0.15, -0.1) is 0 Å². The average molecular weight is 500 g/mol. The molecule has 0 spiro atoms. The Morgan fingerprint density at radius 1 is 1.08 bits per heavy atom. The Kier molecular flexibility index (Phi) is 6.69. The monoisotopic (exact) mass is 499 g/mol. The van der Waals surface area contributed by atoms with Crippen molar-refractivity contribution in [2.75, 3.05) is 6.54 Å². The third-order valence-corrected chi connectivity index (χ3v) is 7.65. The third kappa shape index (κ3) is 5.34. The number of hydrogen-bond acceptors (Lipinski definition) is 4. The van der Waals surface area contributed by atoms with E-state index in [1.165, 1.54) is 11.1 Å². The van der Waals surface area contributed by atoms with E-state index < -0.39 is 0 Å². The number of aryl methyl sites for hydroxylation is 3. The molecule has 2 amide bonds. The average Bonchev–Trinajstić information content (AvgIpc) is 3.60.